The molecule has 0 fully saturated rings. The lowest BCUT2D eigenvalue weighted by atomic mass is 10.1. The maximum absolute atomic E-state index is 13.2. The number of nitrogens with zero attached hydrogens (tertiary/aromatic N) is 2. The van der Waals surface area contributed by atoms with Gasteiger partial charge < -0.3 is 5.32 Å². The molecule has 0 saturated carbocycles. The van der Waals surface area contributed by atoms with Gasteiger partial charge in [0.15, 0.2) is 0 Å². The highest BCUT2D eigenvalue weighted by Crippen LogP contribution is 2.26. The van der Waals surface area contributed by atoms with E-state index in [1.54, 1.807) is 18.2 Å². The highest BCUT2D eigenvalue weighted by Gasteiger charge is 2.28. The number of hydrogen-bond donors (Lipinski definition) is 1. The van der Waals surface area contributed by atoms with Crippen molar-refractivity contribution in [3.05, 3.63) is 100 Å². The molecule has 0 unspecified atom stereocenters. The maximum atomic E-state index is 13.2. The van der Waals surface area contributed by atoms with Crippen molar-refractivity contribution >= 4 is 27.3 Å². The number of nitro benzene ring substituents is 1. The molecule has 3 rings (SSSR count). The number of nitrogens with one attached hydrogen (secondary N) is 1. The lowest BCUT2D eigenvalue weighted by molar-refractivity contribution is -0.384. The van der Waals surface area contributed by atoms with Gasteiger partial charge in [-0.1, -0.05) is 54.1 Å². The number of aryl methyl sites for hydroxylation is 1. The third-order valence-electron chi connectivity index (χ3n) is 4.52. The molecule has 0 heterocycles. The van der Waals surface area contributed by atoms with Gasteiger partial charge in [0.25, 0.3) is 15.7 Å². The highest BCUT2D eigenvalue weighted by molar-refractivity contribution is 7.92. The van der Waals surface area contributed by atoms with Crippen LogP contribution in [0, 0.1) is 17.0 Å². The molecule has 160 valence electrons. The topological polar surface area (TPSA) is 110 Å². The van der Waals surface area contributed by atoms with Gasteiger partial charge in [0.2, 0.25) is 5.91 Å². The third kappa shape index (κ3) is 5.46. The van der Waals surface area contributed by atoms with E-state index in [1.807, 2.05) is 31.2 Å². The monoisotopic (exact) mass is 439 g/mol. The van der Waals surface area contributed by atoms with Gasteiger partial charge in [-0.25, -0.2) is 8.42 Å². The van der Waals surface area contributed by atoms with Crippen LogP contribution in [-0.4, -0.2) is 25.8 Å². The van der Waals surface area contributed by atoms with Gasteiger partial charge >= 0.3 is 0 Å². The Kier molecular flexibility index (Phi) is 6.66. The maximum Gasteiger partial charge on any atom is 0.271 e. The van der Waals surface area contributed by atoms with Crippen LogP contribution in [0.15, 0.2) is 83.8 Å². The molecule has 0 atom stereocenters. The van der Waals surface area contributed by atoms with Crippen molar-refractivity contribution in [2.24, 2.45) is 0 Å². The number of nitro groups is 1. The smallest absolute Gasteiger partial charge is 0.271 e. The minimum Gasteiger partial charge on any atom is -0.350 e. The zero-order chi connectivity index (χ0) is 22.4. The van der Waals surface area contributed by atoms with Crippen molar-refractivity contribution in [2.75, 3.05) is 10.8 Å². The lowest BCUT2D eigenvalue weighted by Gasteiger charge is -2.24. The molecule has 0 aliphatic rings. The average Bonchev–Trinajstić information content (AvgIpc) is 2.76. The summed E-state index contributed by atoms with van der Waals surface area (Å²) in [6, 6.07) is 20.4. The number of sulfonamides is 1. The summed E-state index contributed by atoms with van der Waals surface area (Å²) in [5.74, 6) is -0.535. The number of amides is 1. The van der Waals surface area contributed by atoms with Crippen molar-refractivity contribution < 1.29 is 18.1 Å². The summed E-state index contributed by atoms with van der Waals surface area (Å²) in [4.78, 5) is 23.2. The van der Waals surface area contributed by atoms with E-state index in [1.165, 1.54) is 30.3 Å². The summed E-state index contributed by atoms with van der Waals surface area (Å²) in [5, 5.41) is 13.9. The molecular formula is C22H21N3O5S. The predicted molar refractivity (Wildman–Crippen MR) is 117 cm³/mol. The Morgan fingerprint density at radius 3 is 2.39 bits per heavy atom. The van der Waals surface area contributed by atoms with Crippen molar-refractivity contribution in [3.8, 4) is 0 Å². The van der Waals surface area contributed by atoms with Gasteiger partial charge in [0.05, 0.1) is 15.5 Å². The highest BCUT2D eigenvalue weighted by atomic mass is 32.2. The molecule has 0 radical (unpaired) electrons. The number of non-ortho nitro benzene ring substituents is 1. The first kappa shape index (κ1) is 22.0. The molecule has 3 aromatic rings. The van der Waals surface area contributed by atoms with Crippen molar-refractivity contribution in [1.29, 1.82) is 0 Å². The molecule has 0 saturated heterocycles. The Bertz CT molecular complexity index is 1200. The number of rotatable bonds is 8. The summed E-state index contributed by atoms with van der Waals surface area (Å²) < 4.78 is 27.4. The Morgan fingerprint density at radius 1 is 1.00 bits per heavy atom. The molecule has 1 amide bonds. The van der Waals surface area contributed by atoms with Gasteiger partial charge in [0.1, 0.15) is 6.54 Å². The number of hydrogen-bond acceptors (Lipinski definition) is 5. The lowest BCUT2D eigenvalue weighted by Crippen LogP contribution is -2.40. The number of carbonyl (C=O) groups is 1. The van der Waals surface area contributed by atoms with Crippen LogP contribution in [0.2, 0.25) is 0 Å². The Hall–Kier alpha value is -3.72. The second kappa shape index (κ2) is 9.40. The Morgan fingerprint density at radius 2 is 1.71 bits per heavy atom. The summed E-state index contributed by atoms with van der Waals surface area (Å²) in [5.41, 5.74) is 1.67. The third-order valence-corrected chi connectivity index (χ3v) is 6.31. The van der Waals surface area contributed by atoms with E-state index < -0.39 is 27.4 Å². The SMILES string of the molecule is Cc1cccc(CNC(=O)CN(c2cccc([N+](=O)[O-])c2)S(=O)(=O)c2ccccc2)c1. The molecule has 3 aromatic carbocycles. The second-order valence-electron chi connectivity index (χ2n) is 6.87. The molecule has 0 aliphatic carbocycles. The van der Waals surface area contributed by atoms with E-state index >= 15 is 0 Å². The molecule has 0 aliphatic heterocycles. The van der Waals surface area contributed by atoms with Gasteiger partial charge in [0, 0.05) is 18.7 Å². The quantitative estimate of drug-likeness (QED) is 0.427. The zero-order valence-electron chi connectivity index (χ0n) is 16.8. The number of benzene rings is 3. The Labute approximate surface area is 180 Å². The van der Waals surface area contributed by atoms with Gasteiger partial charge in [-0.2, -0.15) is 0 Å². The van der Waals surface area contributed by atoms with Crippen LogP contribution >= 0.6 is 0 Å². The van der Waals surface area contributed by atoms with Crippen LogP contribution in [-0.2, 0) is 21.4 Å². The summed E-state index contributed by atoms with van der Waals surface area (Å²) >= 11 is 0. The fraction of sp³-hybridized carbons (Fsp3) is 0.136. The minimum absolute atomic E-state index is 0.0204. The van der Waals surface area contributed by atoms with Gasteiger partial charge in [-0.15, -0.1) is 0 Å². The first-order valence-corrected chi connectivity index (χ1v) is 10.9. The normalized spacial score (nSPS) is 11.0. The fourth-order valence-electron chi connectivity index (χ4n) is 3.01. The Balaban J connectivity index is 1.90. The van der Waals surface area contributed by atoms with E-state index in [4.69, 9.17) is 0 Å². The summed E-state index contributed by atoms with van der Waals surface area (Å²) in [6.45, 7) is 1.64. The predicted octanol–water partition coefficient (Wildman–Crippen LogP) is 3.41. The van der Waals surface area contributed by atoms with Crippen LogP contribution < -0.4 is 9.62 Å². The molecule has 31 heavy (non-hydrogen) atoms. The van der Waals surface area contributed by atoms with Crippen LogP contribution in [0.3, 0.4) is 0 Å². The van der Waals surface area contributed by atoms with Crippen LogP contribution in [0.1, 0.15) is 11.1 Å². The molecule has 0 aromatic heterocycles. The molecular weight excluding hydrogens is 418 g/mol. The van der Waals surface area contributed by atoms with E-state index in [9.17, 15) is 23.3 Å². The zero-order valence-corrected chi connectivity index (χ0v) is 17.6. The van der Waals surface area contributed by atoms with Crippen molar-refractivity contribution in [2.45, 2.75) is 18.4 Å². The van der Waals surface area contributed by atoms with Crippen molar-refractivity contribution in [1.82, 2.24) is 5.32 Å². The van der Waals surface area contributed by atoms with E-state index in [0.717, 1.165) is 21.5 Å². The molecule has 9 heteroatoms. The minimum atomic E-state index is -4.13. The van der Waals surface area contributed by atoms with E-state index in [2.05, 4.69) is 5.32 Å². The fourth-order valence-corrected chi connectivity index (χ4v) is 4.44. The summed E-state index contributed by atoms with van der Waals surface area (Å²) in [6.07, 6.45) is 0. The van der Waals surface area contributed by atoms with E-state index in [-0.39, 0.29) is 22.8 Å². The van der Waals surface area contributed by atoms with Crippen LogP contribution in [0.5, 0.6) is 0 Å². The van der Waals surface area contributed by atoms with E-state index in [0.29, 0.717) is 0 Å². The second-order valence-corrected chi connectivity index (χ2v) is 8.73. The molecule has 0 bridgehead atoms. The average molecular weight is 439 g/mol. The van der Waals surface area contributed by atoms with Gasteiger partial charge in [-0.3, -0.25) is 19.2 Å². The first-order valence-electron chi connectivity index (χ1n) is 9.42. The molecule has 8 nitrogen and oxygen atoms in total. The molecule has 1 N–H and O–H groups in total. The number of anilines is 1. The summed E-state index contributed by atoms with van der Waals surface area (Å²) in [7, 11) is -4.13. The van der Waals surface area contributed by atoms with Crippen LogP contribution in [0.25, 0.3) is 0 Å². The number of carbonyl (C=O) groups excluding carboxylic acids is 1. The standard InChI is InChI=1S/C22H21N3O5S/c1-17-7-5-8-18(13-17)15-23-22(26)16-24(19-9-6-10-20(14-19)25(27)28)31(29,30)21-11-3-2-4-12-21/h2-14H,15-16H2,1H3,(H,23,26). The van der Waals surface area contributed by atoms with Gasteiger partial charge in [-0.05, 0) is 30.7 Å². The molecule has 0 spiro atoms. The largest absolute Gasteiger partial charge is 0.350 e. The van der Waals surface area contributed by atoms with Crippen molar-refractivity contribution in [3.63, 3.8) is 0 Å². The van der Waals surface area contributed by atoms with Crippen LogP contribution in [0.4, 0.5) is 11.4 Å². The first-order chi connectivity index (χ1) is 14.8.